The van der Waals surface area contributed by atoms with E-state index in [0.717, 1.165) is 18.7 Å². The Hall–Kier alpha value is -1.38. The Morgan fingerprint density at radius 2 is 2.09 bits per heavy atom. The molecule has 0 bridgehead atoms. The number of carbonyl (C=O) groups excluding carboxylic acids is 1. The van der Waals surface area contributed by atoms with Crippen LogP contribution in [0.4, 0.5) is 0 Å². The predicted molar refractivity (Wildman–Crippen MR) is 105 cm³/mol. The standard InChI is InChI=1S/C16H27N5O.HI/c1-13(2)11-19-16(17-3)20-12-15(22)21(4)10-8-14-7-5-6-9-18-14;/h5-7,9,13H,8,10-12H2,1-4H3,(H2,17,19,20);1H. The van der Waals surface area contributed by atoms with Crippen LogP contribution in [0.15, 0.2) is 29.4 Å². The molecule has 6 nitrogen and oxygen atoms in total. The van der Waals surface area contributed by atoms with Crippen LogP contribution < -0.4 is 10.6 Å². The number of amides is 1. The second-order valence-electron chi connectivity index (χ2n) is 5.59. The van der Waals surface area contributed by atoms with Gasteiger partial charge in [0.2, 0.25) is 5.91 Å². The van der Waals surface area contributed by atoms with Crippen molar-refractivity contribution in [1.82, 2.24) is 20.5 Å². The van der Waals surface area contributed by atoms with Crippen LogP contribution in [0.25, 0.3) is 0 Å². The number of nitrogens with one attached hydrogen (secondary N) is 2. The van der Waals surface area contributed by atoms with Crippen molar-refractivity contribution in [1.29, 1.82) is 0 Å². The maximum absolute atomic E-state index is 12.1. The van der Waals surface area contributed by atoms with E-state index >= 15 is 0 Å². The third-order valence-electron chi connectivity index (χ3n) is 3.16. The van der Waals surface area contributed by atoms with Gasteiger partial charge in [0.15, 0.2) is 5.96 Å². The molecule has 0 atom stereocenters. The van der Waals surface area contributed by atoms with Crippen LogP contribution in [0.5, 0.6) is 0 Å². The van der Waals surface area contributed by atoms with Crippen molar-refractivity contribution < 1.29 is 4.79 Å². The third kappa shape index (κ3) is 9.37. The van der Waals surface area contributed by atoms with Gasteiger partial charge in [0.05, 0.1) is 6.54 Å². The Kier molecular flexibility index (Phi) is 11.4. The summed E-state index contributed by atoms with van der Waals surface area (Å²) in [4.78, 5) is 22.1. The molecular formula is C16H28IN5O. The average molecular weight is 433 g/mol. The molecular weight excluding hydrogens is 405 g/mol. The molecule has 1 amide bonds. The zero-order valence-electron chi connectivity index (χ0n) is 14.4. The molecule has 1 rings (SSSR count). The summed E-state index contributed by atoms with van der Waals surface area (Å²) in [5.74, 6) is 1.21. The quantitative estimate of drug-likeness (QED) is 0.389. The number of aliphatic imine (C=N–C) groups is 1. The van der Waals surface area contributed by atoms with Gasteiger partial charge >= 0.3 is 0 Å². The highest BCUT2D eigenvalue weighted by Crippen LogP contribution is 1.96. The van der Waals surface area contributed by atoms with Crippen molar-refractivity contribution >= 4 is 35.8 Å². The monoisotopic (exact) mass is 433 g/mol. The van der Waals surface area contributed by atoms with Gasteiger partial charge in [-0.3, -0.25) is 14.8 Å². The van der Waals surface area contributed by atoms with Crippen LogP contribution >= 0.6 is 24.0 Å². The van der Waals surface area contributed by atoms with Crippen LogP contribution in [0.1, 0.15) is 19.5 Å². The van der Waals surface area contributed by atoms with E-state index in [-0.39, 0.29) is 36.4 Å². The Bertz CT molecular complexity index is 479. The number of hydrogen-bond donors (Lipinski definition) is 2. The number of guanidine groups is 1. The zero-order chi connectivity index (χ0) is 16.4. The molecule has 2 N–H and O–H groups in total. The van der Waals surface area contributed by atoms with Gasteiger partial charge in [-0.05, 0) is 18.1 Å². The third-order valence-corrected chi connectivity index (χ3v) is 3.16. The molecule has 0 aliphatic heterocycles. The van der Waals surface area contributed by atoms with E-state index in [1.807, 2.05) is 18.2 Å². The number of rotatable bonds is 7. The molecule has 0 saturated carbocycles. The second kappa shape index (κ2) is 12.1. The minimum atomic E-state index is 0. The molecule has 0 aliphatic carbocycles. The lowest BCUT2D eigenvalue weighted by atomic mass is 10.2. The van der Waals surface area contributed by atoms with E-state index in [0.29, 0.717) is 18.4 Å². The minimum absolute atomic E-state index is 0. The lowest BCUT2D eigenvalue weighted by Crippen LogP contribution is -2.44. The van der Waals surface area contributed by atoms with Crippen molar-refractivity contribution in [2.75, 3.05) is 33.7 Å². The normalized spacial score (nSPS) is 10.9. The number of aromatic nitrogens is 1. The Labute approximate surface area is 156 Å². The van der Waals surface area contributed by atoms with Gasteiger partial charge in [-0.25, -0.2) is 0 Å². The van der Waals surface area contributed by atoms with E-state index in [1.54, 1.807) is 25.2 Å². The molecule has 0 spiro atoms. The SMILES string of the molecule is CN=C(NCC(=O)N(C)CCc1ccccn1)NCC(C)C.I. The largest absolute Gasteiger partial charge is 0.356 e. The van der Waals surface area contributed by atoms with Crippen molar-refractivity contribution in [2.24, 2.45) is 10.9 Å². The number of pyridine rings is 1. The molecule has 1 heterocycles. The Balaban J connectivity index is 0.00000484. The summed E-state index contributed by atoms with van der Waals surface area (Å²) in [6.07, 6.45) is 2.52. The Morgan fingerprint density at radius 1 is 1.35 bits per heavy atom. The molecule has 0 unspecified atom stereocenters. The summed E-state index contributed by atoms with van der Waals surface area (Å²) in [5.41, 5.74) is 0.990. The van der Waals surface area contributed by atoms with E-state index in [4.69, 9.17) is 0 Å². The summed E-state index contributed by atoms with van der Waals surface area (Å²) >= 11 is 0. The van der Waals surface area contributed by atoms with Crippen LogP contribution in [-0.4, -0.2) is 55.5 Å². The molecule has 130 valence electrons. The topological polar surface area (TPSA) is 69.6 Å². The van der Waals surface area contributed by atoms with Gasteiger partial charge in [-0.2, -0.15) is 0 Å². The van der Waals surface area contributed by atoms with Gasteiger partial charge in [0.1, 0.15) is 0 Å². The fourth-order valence-corrected chi connectivity index (χ4v) is 1.77. The van der Waals surface area contributed by atoms with Crippen molar-refractivity contribution in [3.63, 3.8) is 0 Å². The smallest absolute Gasteiger partial charge is 0.241 e. The van der Waals surface area contributed by atoms with Crippen LogP contribution in [-0.2, 0) is 11.2 Å². The van der Waals surface area contributed by atoms with E-state index in [1.165, 1.54) is 0 Å². The maximum atomic E-state index is 12.1. The van der Waals surface area contributed by atoms with Crippen molar-refractivity contribution in [3.05, 3.63) is 30.1 Å². The number of hydrogen-bond acceptors (Lipinski definition) is 3. The van der Waals surface area contributed by atoms with Crippen LogP contribution in [0.2, 0.25) is 0 Å². The summed E-state index contributed by atoms with van der Waals surface area (Å²) in [5, 5.41) is 6.21. The number of likely N-dealkylation sites (N-methyl/N-ethyl adjacent to an activating group) is 1. The average Bonchev–Trinajstić information content (AvgIpc) is 2.53. The summed E-state index contributed by atoms with van der Waals surface area (Å²) in [6, 6.07) is 5.81. The van der Waals surface area contributed by atoms with Gasteiger partial charge in [-0.15, -0.1) is 24.0 Å². The van der Waals surface area contributed by atoms with Gasteiger partial charge in [0.25, 0.3) is 0 Å². The molecule has 0 radical (unpaired) electrons. The van der Waals surface area contributed by atoms with E-state index < -0.39 is 0 Å². The summed E-state index contributed by atoms with van der Waals surface area (Å²) in [6.45, 7) is 5.95. The van der Waals surface area contributed by atoms with E-state index in [2.05, 4.69) is 34.5 Å². The molecule has 1 aromatic rings. The molecule has 0 aromatic carbocycles. The fraction of sp³-hybridized carbons (Fsp3) is 0.562. The summed E-state index contributed by atoms with van der Waals surface area (Å²) in [7, 11) is 3.50. The molecule has 7 heteroatoms. The van der Waals surface area contributed by atoms with Gasteiger partial charge < -0.3 is 15.5 Å². The van der Waals surface area contributed by atoms with Crippen molar-refractivity contribution in [3.8, 4) is 0 Å². The molecule has 0 aliphatic rings. The lowest BCUT2D eigenvalue weighted by Gasteiger charge is -2.19. The first-order valence-corrected chi connectivity index (χ1v) is 7.61. The number of halogens is 1. The maximum Gasteiger partial charge on any atom is 0.241 e. The highest BCUT2D eigenvalue weighted by molar-refractivity contribution is 14.0. The zero-order valence-corrected chi connectivity index (χ0v) is 16.7. The highest BCUT2D eigenvalue weighted by Gasteiger charge is 2.10. The first-order chi connectivity index (χ1) is 10.5. The first-order valence-electron chi connectivity index (χ1n) is 7.61. The molecule has 0 saturated heterocycles. The van der Waals surface area contributed by atoms with E-state index in [9.17, 15) is 4.79 Å². The first kappa shape index (κ1) is 21.6. The summed E-state index contributed by atoms with van der Waals surface area (Å²) < 4.78 is 0. The minimum Gasteiger partial charge on any atom is -0.356 e. The fourth-order valence-electron chi connectivity index (χ4n) is 1.77. The van der Waals surface area contributed by atoms with Crippen LogP contribution in [0, 0.1) is 5.92 Å². The molecule has 0 fully saturated rings. The predicted octanol–water partition coefficient (Wildman–Crippen LogP) is 1.52. The van der Waals surface area contributed by atoms with Gasteiger partial charge in [0, 0.05) is 45.5 Å². The molecule has 1 aromatic heterocycles. The number of nitrogens with zero attached hydrogens (tertiary/aromatic N) is 3. The highest BCUT2D eigenvalue weighted by atomic mass is 127. The van der Waals surface area contributed by atoms with Crippen LogP contribution in [0.3, 0.4) is 0 Å². The van der Waals surface area contributed by atoms with Gasteiger partial charge in [-0.1, -0.05) is 19.9 Å². The second-order valence-corrected chi connectivity index (χ2v) is 5.59. The molecule has 23 heavy (non-hydrogen) atoms. The van der Waals surface area contributed by atoms with Crippen molar-refractivity contribution in [2.45, 2.75) is 20.3 Å². The Morgan fingerprint density at radius 3 is 2.65 bits per heavy atom. The lowest BCUT2D eigenvalue weighted by molar-refractivity contribution is -0.128. The number of carbonyl (C=O) groups is 1.